The van der Waals surface area contributed by atoms with Crippen molar-refractivity contribution in [3.05, 3.63) is 0 Å². The lowest BCUT2D eigenvalue weighted by molar-refractivity contribution is -0.136. The van der Waals surface area contributed by atoms with Crippen molar-refractivity contribution in [1.29, 1.82) is 5.26 Å². The molecule has 1 atom stereocenters. The minimum absolute atomic E-state index is 0.0651. The molecule has 0 aliphatic heterocycles. The van der Waals surface area contributed by atoms with Gasteiger partial charge in [-0.3, -0.25) is 4.79 Å². The highest BCUT2D eigenvalue weighted by Crippen LogP contribution is 2.24. The third kappa shape index (κ3) is 4.38. The second kappa shape index (κ2) is 7.32. The van der Waals surface area contributed by atoms with E-state index in [1.807, 2.05) is 18.7 Å². The predicted molar refractivity (Wildman–Crippen MR) is 68.2 cm³/mol. The Bertz CT molecular complexity index is 274. The highest BCUT2D eigenvalue weighted by molar-refractivity contribution is 5.78. The van der Waals surface area contributed by atoms with Crippen LogP contribution in [0.3, 0.4) is 0 Å². The van der Waals surface area contributed by atoms with E-state index in [2.05, 4.69) is 6.07 Å². The minimum atomic E-state index is -0.0651. The number of amides is 1. The molecule has 0 aromatic heterocycles. The van der Waals surface area contributed by atoms with Gasteiger partial charge in [-0.25, -0.2) is 0 Å². The molecule has 96 valence electrons. The Balaban J connectivity index is 2.55. The Kier molecular flexibility index (Phi) is 6.04. The number of nitriles is 1. The lowest BCUT2D eigenvalue weighted by Crippen LogP contribution is -2.38. The zero-order valence-corrected chi connectivity index (χ0v) is 11.1. The van der Waals surface area contributed by atoms with Crippen molar-refractivity contribution in [2.24, 2.45) is 11.8 Å². The normalized spacial score (nSPS) is 19.1. The molecule has 1 fully saturated rings. The SMILES string of the molecule is CCN(CC(C)C#N)C(=O)C1CCCCCC1. The molecule has 1 saturated carbocycles. The summed E-state index contributed by atoms with van der Waals surface area (Å²) >= 11 is 0. The Labute approximate surface area is 105 Å². The third-order valence-corrected chi connectivity index (χ3v) is 3.61. The average Bonchev–Trinajstić information content (AvgIpc) is 2.63. The summed E-state index contributed by atoms with van der Waals surface area (Å²) in [6, 6.07) is 2.21. The summed E-state index contributed by atoms with van der Waals surface area (Å²) in [6.45, 7) is 5.19. The average molecular weight is 236 g/mol. The maximum Gasteiger partial charge on any atom is 0.225 e. The summed E-state index contributed by atoms with van der Waals surface area (Å²) in [5.41, 5.74) is 0. The molecule has 0 aromatic rings. The summed E-state index contributed by atoms with van der Waals surface area (Å²) in [4.78, 5) is 14.2. The molecule has 0 bridgehead atoms. The molecular weight excluding hydrogens is 212 g/mol. The summed E-state index contributed by atoms with van der Waals surface area (Å²) in [6.07, 6.45) is 6.98. The second-order valence-corrected chi connectivity index (χ2v) is 5.10. The summed E-state index contributed by atoms with van der Waals surface area (Å²) < 4.78 is 0. The van der Waals surface area contributed by atoms with Crippen molar-refractivity contribution in [3.8, 4) is 6.07 Å². The van der Waals surface area contributed by atoms with E-state index in [9.17, 15) is 4.79 Å². The van der Waals surface area contributed by atoms with Gasteiger partial charge in [0.05, 0.1) is 12.0 Å². The zero-order chi connectivity index (χ0) is 12.7. The number of hydrogen-bond acceptors (Lipinski definition) is 2. The van der Waals surface area contributed by atoms with E-state index in [1.54, 1.807) is 0 Å². The van der Waals surface area contributed by atoms with Crippen molar-refractivity contribution in [2.75, 3.05) is 13.1 Å². The molecule has 0 spiro atoms. The monoisotopic (exact) mass is 236 g/mol. The van der Waals surface area contributed by atoms with Crippen molar-refractivity contribution in [3.63, 3.8) is 0 Å². The van der Waals surface area contributed by atoms with Crippen LogP contribution in [0.15, 0.2) is 0 Å². The van der Waals surface area contributed by atoms with E-state index in [4.69, 9.17) is 5.26 Å². The molecule has 0 aromatic carbocycles. The minimum Gasteiger partial charge on any atom is -0.341 e. The Hall–Kier alpha value is -1.04. The van der Waals surface area contributed by atoms with E-state index < -0.39 is 0 Å². The topological polar surface area (TPSA) is 44.1 Å². The molecule has 3 nitrogen and oxygen atoms in total. The van der Waals surface area contributed by atoms with Crippen LogP contribution in [0.1, 0.15) is 52.4 Å². The largest absolute Gasteiger partial charge is 0.341 e. The van der Waals surface area contributed by atoms with Crippen LogP contribution in [0, 0.1) is 23.2 Å². The van der Waals surface area contributed by atoms with Gasteiger partial charge in [0.25, 0.3) is 0 Å². The lowest BCUT2D eigenvalue weighted by atomic mass is 9.98. The number of carbonyl (C=O) groups excluding carboxylic acids is 1. The van der Waals surface area contributed by atoms with Crippen molar-refractivity contribution >= 4 is 5.91 Å². The lowest BCUT2D eigenvalue weighted by Gasteiger charge is -2.26. The molecule has 1 aliphatic rings. The van der Waals surface area contributed by atoms with Crippen LogP contribution in [0.4, 0.5) is 0 Å². The van der Waals surface area contributed by atoms with Crippen LogP contribution in [0.5, 0.6) is 0 Å². The molecule has 3 heteroatoms. The first-order chi connectivity index (χ1) is 8.19. The van der Waals surface area contributed by atoms with Gasteiger partial charge in [-0.1, -0.05) is 25.7 Å². The highest BCUT2D eigenvalue weighted by atomic mass is 16.2. The number of carbonyl (C=O) groups is 1. The molecule has 1 rings (SSSR count). The van der Waals surface area contributed by atoms with E-state index in [0.717, 1.165) is 19.4 Å². The first-order valence-electron chi connectivity index (χ1n) is 6.87. The second-order valence-electron chi connectivity index (χ2n) is 5.10. The van der Waals surface area contributed by atoms with Crippen LogP contribution in [0.25, 0.3) is 0 Å². The maximum atomic E-state index is 12.4. The predicted octanol–water partition coefficient (Wildman–Crippen LogP) is 2.96. The van der Waals surface area contributed by atoms with Crippen molar-refractivity contribution in [2.45, 2.75) is 52.4 Å². The highest BCUT2D eigenvalue weighted by Gasteiger charge is 2.25. The van der Waals surface area contributed by atoms with Gasteiger partial charge >= 0.3 is 0 Å². The fraction of sp³-hybridized carbons (Fsp3) is 0.857. The molecular formula is C14H24N2O. The fourth-order valence-corrected chi connectivity index (χ4v) is 2.53. The van der Waals surface area contributed by atoms with Gasteiger partial charge in [0.1, 0.15) is 0 Å². The Morgan fingerprint density at radius 2 is 1.94 bits per heavy atom. The van der Waals surface area contributed by atoms with Gasteiger partial charge < -0.3 is 4.90 Å². The van der Waals surface area contributed by atoms with Gasteiger partial charge in [0, 0.05) is 19.0 Å². The van der Waals surface area contributed by atoms with E-state index >= 15 is 0 Å². The van der Waals surface area contributed by atoms with Crippen LogP contribution < -0.4 is 0 Å². The van der Waals surface area contributed by atoms with Gasteiger partial charge in [-0.15, -0.1) is 0 Å². The number of nitrogens with zero attached hydrogens (tertiary/aromatic N) is 2. The third-order valence-electron chi connectivity index (χ3n) is 3.61. The van der Waals surface area contributed by atoms with Gasteiger partial charge in [0.15, 0.2) is 0 Å². The maximum absolute atomic E-state index is 12.4. The fourth-order valence-electron chi connectivity index (χ4n) is 2.53. The molecule has 0 saturated heterocycles. The van der Waals surface area contributed by atoms with Gasteiger partial charge in [-0.05, 0) is 26.7 Å². The van der Waals surface area contributed by atoms with E-state index in [0.29, 0.717) is 6.54 Å². The first kappa shape index (κ1) is 14.0. The molecule has 1 unspecified atom stereocenters. The smallest absolute Gasteiger partial charge is 0.225 e. The quantitative estimate of drug-likeness (QED) is 0.704. The number of rotatable bonds is 4. The van der Waals surface area contributed by atoms with Crippen LogP contribution >= 0.6 is 0 Å². The molecule has 1 amide bonds. The molecule has 0 N–H and O–H groups in total. The number of hydrogen-bond donors (Lipinski definition) is 0. The van der Waals surface area contributed by atoms with E-state index in [-0.39, 0.29) is 17.7 Å². The Morgan fingerprint density at radius 1 is 1.35 bits per heavy atom. The van der Waals surface area contributed by atoms with Crippen LogP contribution in [0.2, 0.25) is 0 Å². The summed E-state index contributed by atoms with van der Waals surface area (Å²) in [7, 11) is 0. The van der Waals surface area contributed by atoms with Gasteiger partial charge in [-0.2, -0.15) is 5.26 Å². The molecule has 0 radical (unpaired) electrons. The van der Waals surface area contributed by atoms with Gasteiger partial charge in [0.2, 0.25) is 5.91 Å². The zero-order valence-electron chi connectivity index (χ0n) is 11.1. The molecule has 17 heavy (non-hydrogen) atoms. The summed E-state index contributed by atoms with van der Waals surface area (Å²) in [5.74, 6) is 0.421. The van der Waals surface area contributed by atoms with Crippen LogP contribution in [-0.2, 0) is 4.79 Å². The standard InChI is InChI=1S/C14H24N2O/c1-3-16(11-12(2)10-15)14(17)13-8-6-4-5-7-9-13/h12-13H,3-9,11H2,1-2H3. The van der Waals surface area contributed by atoms with E-state index in [1.165, 1.54) is 25.7 Å². The van der Waals surface area contributed by atoms with Crippen molar-refractivity contribution < 1.29 is 4.79 Å². The first-order valence-corrected chi connectivity index (χ1v) is 6.87. The summed E-state index contributed by atoms with van der Waals surface area (Å²) in [5, 5.41) is 8.83. The Morgan fingerprint density at radius 3 is 2.41 bits per heavy atom. The molecule has 1 aliphatic carbocycles. The van der Waals surface area contributed by atoms with Crippen molar-refractivity contribution in [1.82, 2.24) is 4.90 Å². The molecule has 0 heterocycles. The van der Waals surface area contributed by atoms with Crippen LogP contribution in [-0.4, -0.2) is 23.9 Å².